The molecule has 0 N–H and O–H groups in total. The molecule has 1 saturated carbocycles. The maximum Gasteiger partial charge on any atom is 0.257 e. The number of aromatic nitrogens is 5. The fraction of sp³-hybridized carbons (Fsp3) is 0.333. The van der Waals surface area contributed by atoms with Crippen LogP contribution in [0.2, 0.25) is 0 Å². The van der Waals surface area contributed by atoms with Gasteiger partial charge in [0, 0.05) is 24.2 Å². The zero-order valence-electron chi connectivity index (χ0n) is 17.6. The molecule has 1 aliphatic carbocycles. The van der Waals surface area contributed by atoms with Gasteiger partial charge in [-0.25, -0.2) is 8.78 Å². The summed E-state index contributed by atoms with van der Waals surface area (Å²) in [5, 5.41) is 8.36. The van der Waals surface area contributed by atoms with Gasteiger partial charge in [0.2, 0.25) is 0 Å². The van der Waals surface area contributed by atoms with Crippen LogP contribution < -0.4 is 4.90 Å². The summed E-state index contributed by atoms with van der Waals surface area (Å²) in [5.74, 6) is 6.50. The number of hydrogen-bond donors (Lipinski definition) is 0. The molecule has 4 heterocycles. The maximum atomic E-state index is 15.2. The normalized spacial score (nSPS) is 16.0. The van der Waals surface area contributed by atoms with E-state index >= 15 is 4.39 Å². The van der Waals surface area contributed by atoms with Gasteiger partial charge in [-0.1, -0.05) is 11.8 Å². The van der Waals surface area contributed by atoms with Crippen LogP contribution in [0.3, 0.4) is 0 Å². The minimum absolute atomic E-state index is 0.114. The van der Waals surface area contributed by atoms with Gasteiger partial charge in [0.05, 0.1) is 22.8 Å². The summed E-state index contributed by atoms with van der Waals surface area (Å²) in [4.78, 5) is 11.0. The Kier molecular flexibility index (Phi) is 4.32. The molecule has 0 amide bonds. The SMILES string of the molecule is Cc1nnc2nc(N3CCCCc4c(C#CC5CC5)cncc43)c3c(F)c(F)ccc3n12. The topological polar surface area (TPSA) is 59.2 Å². The lowest BCUT2D eigenvalue weighted by Gasteiger charge is -2.25. The standard InChI is InChI=1S/C24H20F2N6/c1-14-29-30-24-28-23(21-19(32(14)24)10-9-18(25)22(21)26)31-11-3-2-4-17-16(8-7-15-5-6-15)12-27-13-20(17)31/h9-10,12-13,15H,2-6,11H2,1H3. The van der Waals surface area contributed by atoms with Crippen LogP contribution in [0.4, 0.5) is 20.3 Å². The summed E-state index contributed by atoms with van der Waals surface area (Å²) in [6.45, 7) is 2.37. The number of hydrogen-bond acceptors (Lipinski definition) is 5. The van der Waals surface area contributed by atoms with E-state index in [-0.39, 0.29) is 5.39 Å². The van der Waals surface area contributed by atoms with Crippen molar-refractivity contribution in [2.24, 2.45) is 5.92 Å². The lowest BCUT2D eigenvalue weighted by molar-refractivity contribution is 0.516. The molecular formula is C24H20F2N6. The first-order chi connectivity index (χ1) is 15.6. The molecular weight excluding hydrogens is 410 g/mol. The van der Waals surface area contributed by atoms with Crippen LogP contribution in [0.5, 0.6) is 0 Å². The summed E-state index contributed by atoms with van der Waals surface area (Å²) in [7, 11) is 0. The third kappa shape index (κ3) is 3.00. The predicted octanol–water partition coefficient (Wildman–Crippen LogP) is 4.50. The highest BCUT2D eigenvalue weighted by Crippen LogP contribution is 2.38. The molecule has 4 aromatic rings. The van der Waals surface area contributed by atoms with Gasteiger partial charge in [-0.3, -0.25) is 9.38 Å². The van der Waals surface area contributed by atoms with Crippen molar-refractivity contribution >= 4 is 28.2 Å². The Bertz CT molecular complexity index is 1440. The van der Waals surface area contributed by atoms with Gasteiger partial charge < -0.3 is 4.90 Å². The molecule has 0 saturated heterocycles. The molecule has 3 aromatic heterocycles. The molecule has 0 unspecified atom stereocenters. The van der Waals surface area contributed by atoms with Crippen LogP contribution in [-0.2, 0) is 6.42 Å². The Morgan fingerprint density at radius 3 is 2.81 bits per heavy atom. The number of pyridine rings is 1. The van der Waals surface area contributed by atoms with E-state index in [1.807, 2.05) is 4.90 Å². The predicted molar refractivity (Wildman–Crippen MR) is 117 cm³/mol. The molecule has 0 spiro atoms. The van der Waals surface area contributed by atoms with E-state index in [9.17, 15) is 4.39 Å². The van der Waals surface area contributed by atoms with E-state index in [1.165, 1.54) is 0 Å². The molecule has 6 rings (SSSR count). The van der Waals surface area contributed by atoms with E-state index in [1.54, 1.807) is 29.8 Å². The molecule has 2 aliphatic rings. The van der Waals surface area contributed by atoms with Crippen LogP contribution in [0.1, 0.15) is 42.6 Å². The summed E-state index contributed by atoms with van der Waals surface area (Å²) < 4.78 is 31.2. The summed E-state index contributed by atoms with van der Waals surface area (Å²) in [6.07, 6.45) is 8.57. The zero-order valence-corrected chi connectivity index (χ0v) is 17.6. The van der Waals surface area contributed by atoms with Crippen molar-refractivity contribution in [2.45, 2.75) is 39.0 Å². The highest BCUT2D eigenvalue weighted by atomic mass is 19.2. The maximum absolute atomic E-state index is 15.2. The van der Waals surface area contributed by atoms with Gasteiger partial charge in [-0.05, 0) is 56.7 Å². The Hall–Kier alpha value is -3.60. The third-order valence-corrected chi connectivity index (χ3v) is 6.18. The second-order valence-corrected chi connectivity index (χ2v) is 8.41. The van der Waals surface area contributed by atoms with E-state index in [0.29, 0.717) is 35.4 Å². The molecule has 0 bridgehead atoms. The van der Waals surface area contributed by atoms with Crippen molar-refractivity contribution in [3.8, 4) is 11.8 Å². The molecule has 1 aromatic carbocycles. The second kappa shape index (κ2) is 7.23. The van der Waals surface area contributed by atoms with Crippen molar-refractivity contribution in [3.05, 3.63) is 53.1 Å². The first-order valence-corrected chi connectivity index (χ1v) is 10.9. The minimum atomic E-state index is -0.927. The van der Waals surface area contributed by atoms with Crippen molar-refractivity contribution in [1.82, 2.24) is 24.6 Å². The molecule has 160 valence electrons. The number of nitrogens with zero attached hydrogens (tertiary/aromatic N) is 6. The van der Waals surface area contributed by atoms with E-state index in [4.69, 9.17) is 0 Å². The Balaban J connectivity index is 1.62. The van der Waals surface area contributed by atoms with Crippen LogP contribution in [0, 0.1) is 36.3 Å². The number of anilines is 2. The fourth-order valence-electron chi connectivity index (χ4n) is 4.39. The molecule has 1 aliphatic heterocycles. The van der Waals surface area contributed by atoms with Gasteiger partial charge in [0.25, 0.3) is 5.78 Å². The molecule has 0 radical (unpaired) electrons. The first-order valence-electron chi connectivity index (χ1n) is 10.9. The third-order valence-electron chi connectivity index (χ3n) is 6.18. The largest absolute Gasteiger partial charge is 0.324 e. The number of aryl methyl sites for hydroxylation is 1. The lowest BCUT2D eigenvalue weighted by atomic mass is 10.0. The van der Waals surface area contributed by atoms with E-state index < -0.39 is 11.6 Å². The van der Waals surface area contributed by atoms with Gasteiger partial charge in [0.1, 0.15) is 11.6 Å². The Morgan fingerprint density at radius 1 is 1.09 bits per heavy atom. The quantitative estimate of drug-likeness (QED) is 0.417. The molecule has 32 heavy (non-hydrogen) atoms. The van der Waals surface area contributed by atoms with Gasteiger partial charge >= 0.3 is 0 Å². The van der Waals surface area contributed by atoms with Crippen molar-refractivity contribution in [1.29, 1.82) is 0 Å². The molecule has 6 nitrogen and oxygen atoms in total. The smallest absolute Gasteiger partial charge is 0.257 e. The monoisotopic (exact) mass is 430 g/mol. The second-order valence-electron chi connectivity index (χ2n) is 8.41. The van der Waals surface area contributed by atoms with Gasteiger partial charge in [0.15, 0.2) is 11.6 Å². The number of halogens is 2. The van der Waals surface area contributed by atoms with Gasteiger partial charge in [-0.2, -0.15) is 4.98 Å². The van der Waals surface area contributed by atoms with Crippen molar-refractivity contribution in [3.63, 3.8) is 0 Å². The van der Waals surface area contributed by atoms with E-state index in [2.05, 4.69) is 32.0 Å². The van der Waals surface area contributed by atoms with Crippen LogP contribution in [0.15, 0.2) is 24.5 Å². The molecule has 0 atom stereocenters. The van der Waals surface area contributed by atoms with Crippen molar-refractivity contribution in [2.75, 3.05) is 11.4 Å². The number of rotatable bonds is 1. The average Bonchev–Trinajstić information content (AvgIpc) is 3.59. The molecule has 8 heteroatoms. The Morgan fingerprint density at radius 2 is 1.97 bits per heavy atom. The Labute approximate surface area is 183 Å². The number of benzene rings is 1. The fourth-order valence-corrected chi connectivity index (χ4v) is 4.39. The highest BCUT2D eigenvalue weighted by Gasteiger charge is 2.26. The molecule has 1 fully saturated rings. The van der Waals surface area contributed by atoms with E-state index in [0.717, 1.165) is 55.0 Å². The number of fused-ring (bicyclic) bond motifs is 4. The van der Waals surface area contributed by atoms with Crippen LogP contribution >= 0.6 is 0 Å². The summed E-state index contributed by atoms with van der Waals surface area (Å²) in [6, 6.07) is 2.68. The first kappa shape index (κ1) is 19.1. The average molecular weight is 430 g/mol. The van der Waals surface area contributed by atoms with Crippen molar-refractivity contribution < 1.29 is 8.78 Å². The minimum Gasteiger partial charge on any atom is -0.324 e. The van der Waals surface area contributed by atoms with Crippen LogP contribution in [0.25, 0.3) is 16.7 Å². The zero-order chi connectivity index (χ0) is 21.8. The van der Waals surface area contributed by atoms with Gasteiger partial charge in [-0.15, -0.1) is 10.2 Å². The summed E-state index contributed by atoms with van der Waals surface area (Å²) >= 11 is 0. The highest BCUT2D eigenvalue weighted by molar-refractivity contribution is 5.94. The summed E-state index contributed by atoms with van der Waals surface area (Å²) in [5.41, 5.74) is 3.30. The lowest BCUT2D eigenvalue weighted by Crippen LogP contribution is -2.21. The van der Waals surface area contributed by atoms with Crippen LogP contribution in [-0.4, -0.2) is 31.1 Å².